The number of hydrogen-bond acceptors (Lipinski definition) is 5. The van der Waals surface area contributed by atoms with Crippen molar-refractivity contribution in [2.45, 2.75) is 6.92 Å². The zero-order chi connectivity index (χ0) is 19.1. The molecular formula is C23H16O4S. The standard InChI is InChI=1S/C23H16O4S/c1-14(24)21-9-10-22(28-21)23-17(12-19(27-23)15-5-3-2-4-6-15)16-7-8-18-20(11-16)26-13-25-18/h2-12H,13H2,1H3. The molecule has 0 saturated carbocycles. The predicted molar refractivity (Wildman–Crippen MR) is 109 cm³/mol. The smallest absolute Gasteiger partial charge is 0.231 e. The lowest BCUT2D eigenvalue weighted by Crippen LogP contribution is -1.92. The van der Waals surface area contributed by atoms with Gasteiger partial charge in [0, 0.05) is 11.1 Å². The second-order valence-corrected chi connectivity index (χ2v) is 7.59. The van der Waals surface area contributed by atoms with Gasteiger partial charge < -0.3 is 13.9 Å². The van der Waals surface area contributed by atoms with E-state index in [4.69, 9.17) is 13.9 Å². The topological polar surface area (TPSA) is 48.7 Å². The first kappa shape index (κ1) is 16.8. The lowest BCUT2D eigenvalue weighted by Gasteiger charge is -2.03. The number of Topliss-reactive ketones (excluding diaryl/α,β-unsaturated/α-hetero) is 1. The zero-order valence-corrected chi connectivity index (χ0v) is 15.9. The fourth-order valence-corrected chi connectivity index (χ4v) is 4.14. The lowest BCUT2D eigenvalue weighted by molar-refractivity contribution is 0.102. The SMILES string of the molecule is CC(=O)c1ccc(-c2oc(-c3ccccc3)cc2-c2ccc3c(c2)OCO3)s1. The summed E-state index contributed by atoms with van der Waals surface area (Å²) in [4.78, 5) is 13.4. The lowest BCUT2D eigenvalue weighted by atomic mass is 10.0. The first-order chi connectivity index (χ1) is 13.7. The second kappa shape index (κ2) is 6.69. The van der Waals surface area contributed by atoms with E-state index in [9.17, 15) is 4.79 Å². The molecule has 2 aromatic heterocycles. The first-order valence-electron chi connectivity index (χ1n) is 8.89. The summed E-state index contributed by atoms with van der Waals surface area (Å²) < 4.78 is 17.2. The van der Waals surface area contributed by atoms with E-state index in [1.54, 1.807) is 6.92 Å². The van der Waals surface area contributed by atoms with Gasteiger partial charge in [0.05, 0.1) is 9.75 Å². The molecule has 5 heteroatoms. The monoisotopic (exact) mass is 388 g/mol. The van der Waals surface area contributed by atoms with E-state index in [2.05, 4.69) is 0 Å². The second-order valence-electron chi connectivity index (χ2n) is 6.51. The molecule has 1 aliphatic rings. The van der Waals surface area contributed by atoms with Gasteiger partial charge in [-0.3, -0.25) is 4.79 Å². The molecule has 0 N–H and O–H groups in total. The van der Waals surface area contributed by atoms with E-state index < -0.39 is 0 Å². The minimum atomic E-state index is 0.0516. The molecule has 2 aromatic carbocycles. The van der Waals surface area contributed by atoms with Crippen LogP contribution in [0.3, 0.4) is 0 Å². The van der Waals surface area contributed by atoms with Crippen molar-refractivity contribution in [3.8, 4) is 44.6 Å². The Labute approximate surface area is 166 Å². The Balaban J connectivity index is 1.67. The van der Waals surface area contributed by atoms with Crippen molar-refractivity contribution in [3.05, 3.63) is 71.6 Å². The van der Waals surface area contributed by atoms with Crippen molar-refractivity contribution in [2.24, 2.45) is 0 Å². The molecule has 0 unspecified atom stereocenters. The van der Waals surface area contributed by atoms with E-state index in [0.717, 1.165) is 44.6 Å². The fourth-order valence-electron chi connectivity index (χ4n) is 3.25. The Bertz CT molecular complexity index is 1170. The molecule has 0 radical (unpaired) electrons. The third-order valence-corrected chi connectivity index (χ3v) is 5.84. The highest BCUT2D eigenvalue weighted by molar-refractivity contribution is 7.17. The minimum absolute atomic E-state index is 0.0516. The molecule has 0 bridgehead atoms. The summed E-state index contributed by atoms with van der Waals surface area (Å²) in [6.07, 6.45) is 0. The predicted octanol–water partition coefficient (Wildman–Crippen LogP) is 6.27. The number of carbonyl (C=O) groups excluding carboxylic acids is 1. The average molecular weight is 388 g/mol. The van der Waals surface area contributed by atoms with Gasteiger partial charge in [0.2, 0.25) is 6.79 Å². The molecule has 0 aliphatic carbocycles. The maximum atomic E-state index is 11.7. The maximum Gasteiger partial charge on any atom is 0.231 e. The van der Waals surface area contributed by atoms with Crippen LogP contribution in [0.2, 0.25) is 0 Å². The summed E-state index contributed by atoms with van der Waals surface area (Å²) in [6.45, 7) is 1.81. The number of carbonyl (C=O) groups is 1. The minimum Gasteiger partial charge on any atom is -0.455 e. The number of furan rings is 1. The normalized spacial score (nSPS) is 12.3. The molecule has 0 saturated heterocycles. The van der Waals surface area contributed by atoms with Gasteiger partial charge in [0.25, 0.3) is 0 Å². The maximum absolute atomic E-state index is 11.7. The van der Waals surface area contributed by atoms with Crippen LogP contribution in [0.1, 0.15) is 16.6 Å². The van der Waals surface area contributed by atoms with Crippen molar-refractivity contribution in [1.82, 2.24) is 0 Å². The van der Waals surface area contributed by atoms with Crippen LogP contribution in [0.15, 0.2) is 71.1 Å². The number of benzene rings is 2. The quantitative estimate of drug-likeness (QED) is 0.386. The highest BCUT2D eigenvalue weighted by atomic mass is 32.1. The van der Waals surface area contributed by atoms with Gasteiger partial charge in [0.15, 0.2) is 23.0 Å². The Hall–Kier alpha value is -3.31. The van der Waals surface area contributed by atoms with Gasteiger partial charge >= 0.3 is 0 Å². The Morgan fingerprint density at radius 3 is 2.50 bits per heavy atom. The third-order valence-electron chi connectivity index (χ3n) is 4.65. The molecule has 0 spiro atoms. The van der Waals surface area contributed by atoms with Crippen LogP contribution in [0.25, 0.3) is 33.1 Å². The third kappa shape index (κ3) is 2.90. The van der Waals surface area contributed by atoms with Gasteiger partial charge in [0.1, 0.15) is 5.76 Å². The molecule has 3 heterocycles. The van der Waals surface area contributed by atoms with E-state index in [-0.39, 0.29) is 12.6 Å². The van der Waals surface area contributed by atoms with Crippen molar-refractivity contribution in [1.29, 1.82) is 0 Å². The number of ether oxygens (including phenoxy) is 2. The molecule has 0 atom stereocenters. The van der Waals surface area contributed by atoms with Crippen molar-refractivity contribution < 1.29 is 18.7 Å². The summed E-state index contributed by atoms with van der Waals surface area (Å²) in [7, 11) is 0. The number of ketones is 1. The van der Waals surface area contributed by atoms with E-state index in [0.29, 0.717) is 4.88 Å². The molecule has 28 heavy (non-hydrogen) atoms. The van der Waals surface area contributed by atoms with Crippen LogP contribution in [0, 0.1) is 0 Å². The number of thiophene rings is 1. The molecule has 1 aliphatic heterocycles. The summed E-state index contributed by atoms with van der Waals surface area (Å²) in [5.74, 6) is 3.04. The van der Waals surface area contributed by atoms with E-state index in [1.165, 1.54) is 11.3 Å². The Morgan fingerprint density at radius 2 is 1.71 bits per heavy atom. The van der Waals surface area contributed by atoms with Crippen molar-refractivity contribution in [3.63, 3.8) is 0 Å². The Kier molecular flexibility index (Phi) is 4.02. The fraction of sp³-hybridized carbons (Fsp3) is 0.0870. The van der Waals surface area contributed by atoms with E-state index >= 15 is 0 Å². The number of rotatable bonds is 4. The number of fused-ring (bicyclic) bond motifs is 1. The zero-order valence-electron chi connectivity index (χ0n) is 15.1. The average Bonchev–Trinajstić information content (AvgIpc) is 3.46. The van der Waals surface area contributed by atoms with Crippen LogP contribution in [-0.2, 0) is 0 Å². The van der Waals surface area contributed by atoms with Gasteiger partial charge in [-0.25, -0.2) is 0 Å². The summed E-state index contributed by atoms with van der Waals surface area (Å²) in [5.41, 5.74) is 2.93. The van der Waals surface area contributed by atoms with Crippen LogP contribution in [0.5, 0.6) is 11.5 Å². The Morgan fingerprint density at radius 1 is 0.893 bits per heavy atom. The van der Waals surface area contributed by atoms with Crippen LogP contribution in [-0.4, -0.2) is 12.6 Å². The van der Waals surface area contributed by atoms with Gasteiger partial charge in [-0.05, 0) is 42.8 Å². The molecule has 0 fully saturated rings. The summed E-state index contributed by atoms with van der Waals surface area (Å²) in [5, 5.41) is 0. The van der Waals surface area contributed by atoms with Gasteiger partial charge in [-0.15, -0.1) is 11.3 Å². The highest BCUT2D eigenvalue weighted by Gasteiger charge is 2.21. The first-order valence-corrected chi connectivity index (χ1v) is 9.71. The molecule has 138 valence electrons. The van der Waals surface area contributed by atoms with E-state index in [1.807, 2.05) is 66.7 Å². The van der Waals surface area contributed by atoms with Crippen LogP contribution in [0.4, 0.5) is 0 Å². The van der Waals surface area contributed by atoms with Crippen LogP contribution >= 0.6 is 11.3 Å². The molecule has 5 rings (SSSR count). The van der Waals surface area contributed by atoms with Crippen LogP contribution < -0.4 is 9.47 Å². The van der Waals surface area contributed by atoms with Crippen molar-refractivity contribution >= 4 is 17.1 Å². The molecule has 0 amide bonds. The molecule has 4 nitrogen and oxygen atoms in total. The summed E-state index contributed by atoms with van der Waals surface area (Å²) >= 11 is 1.44. The van der Waals surface area contributed by atoms with Gasteiger partial charge in [-0.2, -0.15) is 0 Å². The molecular weight excluding hydrogens is 372 g/mol. The molecule has 4 aromatic rings. The summed E-state index contributed by atoms with van der Waals surface area (Å²) in [6, 6.07) is 21.7. The van der Waals surface area contributed by atoms with Crippen molar-refractivity contribution in [2.75, 3.05) is 6.79 Å². The van der Waals surface area contributed by atoms with Gasteiger partial charge in [-0.1, -0.05) is 36.4 Å². The highest BCUT2D eigenvalue weighted by Crippen LogP contribution is 2.44. The number of hydrogen-bond donors (Lipinski definition) is 0. The largest absolute Gasteiger partial charge is 0.455 e.